The Morgan fingerprint density at radius 1 is 0.333 bits per heavy atom. The molecule has 2 aliphatic rings. The van der Waals surface area contributed by atoms with E-state index in [1.807, 2.05) is 24.3 Å². The predicted octanol–water partition coefficient (Wildman–Crippen LogP) is 11.4. The summed E-state index contributed by atoms with van der Waals surface area (Å²) in [5.74, 6) is 2.01. The van der Waals surface area contributed by atoms with Crippen molar-refractivity contribution in [3.63, 3.8) is 0 Å². The fraction of sp³-hybridized carbons (Fsp3) is 0.133. The lowest BCUT2D eigenvalue weighted by Crippen LogP contribution is -2.27. The van der Waals surface area contributed by atoms with Crippen LogP contribution in [0.1, 0.15) is 43.2 Å². The van der Waals surface area contributed by atoms with Crippen LogP contribution in [0.15, 0.2) is 152 Å². The van der Waals surface area contributed by atoms with Crippen LogP contribution in [0.5, 0.6) is 0 Å². The molecule has 6 aromatic carbocycles. The molecule has 1 aromatic heterocycles. The Hall–Kier alpha value is -5.67. The van der Waals surface area contributed by atoms with Gasteiger partial charge in [0.05, 0.1) is 0 Å². The Morgan fingerprint density at radius 3 is 1.52 bits per heavy atom. The second-order valence-corrected chi connectivity index (χ2v) is 13.1. The molecule has 1 fully saturated rings. The molecule has 0 unspecified atom stereocenters. The molecular weight excluding hydrogens is 583 g/mol. The van der Waals surface area contributed by atoms with Gasteiger partial charge in [-0.15, -0.1) is 0 Å². The molecule has 0 atom stereocenters. The topological polar surface area (TPSA) is 38.7 Å². The molecule has 0 amide bonds. The minimum atomic E-state index is 0.0991. The van der Waals surface area contributed by atoms with Crippen LogP contribution in [0.25, 0.3) is 67.5 Å². The summed E-state index contributed by atoms with van der Waals surface area (Å²) in [4.78, 5) is 15.4. The van der Waals surface area contributed by atoms with E-state index >= 15 is 0 Å². The molecule has 9 rings (SSSR count). The molecule has 0 saturated heterocycles. The van der Waals surface area contributed by atoms with Crippen molar-refractivity contribution in [1.29, 1.82) is 0 Å². The van der Waals surface area contributed by atoms with Crippen LogP contribution >= 0.6 is 0 Å². The number of hydrogen-bond donors (Lipinski definition) is 0. The number of benzene rings is 6. The second kappa shape index (κ2) is 11.8. The molecule has 0 N–H and O–H groups in total. The van der Waals surface area contributed by atoms with E-state index in [0.717, 1.165) is 27.8 Å². The molecule has 1 heterocycles. The zero-order valence-electron chi connectivity index (χ0n) is 26.8. The van der Waals surface area contributed by atoms with Crippen LogP contribution in [-0.2, 0) is 5.41 Å². The largest absolute Gasteiger partial charge is 0.208 e. The van der Waals surface area contributed by atoms with Crippen molar-refractivity contribution in [2.45, 2.75) is 37.5 Å². The summed E-state index contributed by atoms with van der Waals surface area (Å²) in [6.07, 6.45) is 6.29. The molecule has 0 aliphatic heterocycles. The van der Waals surface area contributed by atoms with E-state index in [0.29, 0.717) is 17.5 Å². The Bertz CT molecular complexity index is 2250. The van der Waals surface area contributed by atoms with Gasteiger partial charge in [0.2, 0.25) is 0 Å². The summed E-state index contributed by atoms with van der Waals surface area (Å²) < 4.78 is 0. The average Bonchev–Trinajstić information content (AvgIpc) is 3.44. The summed E-state index contributed by atoms with van der Waals surface area (Å²) in [6.45, 7) is 0. The Kier molecular flexibility index (Phi) is 7.04. The van der Waals surface area contributed by atoms with E-state index in [9.17, 15) is 0 Å². The van der Waals surface area contributed by atoms with Crippen molar-refractivity contribution < 1.29 is 0 Å². The van der Waals surface area contributed by atoms with Gasteiger partial charge in [-0.2, -0.15) is 0 Å². The highest BCUT2D eigenvalue weighted by Crippen LogP contribution is 2.58. The first-order chi connectivity index (χ1) is 23.8. The van der Waals surface area contributed by atoms with Crippen molar-refractivity contribution in [3.8, 4) is 67.5 Å². The van der Waals surface area contributed by atoms with Crippen LogP contribution in [-0.4, -0.2) is 15.0 Å². The molecule has 48 heavy (non-hydrogen) atoms. The minimum absolute atomic E-state index is 0.0991. The Balaban J connectivity index is 1.22. The molecule has 7 aromatic rings. The fourth-order valence-corrected chi connectivity index (χ4v) is 8.12. The van der Waals surface area contributed by atoms with Gasteiger partial charge in [0, 0.05) is 22.1 Å². The van der Waals surface area contributed by atoms with Gasteiger partial charge in [-0.1, -0.05) is 171 Å². The molecule has 3 heteroatoms. The van der Waals surface area contributed by atoms with Crippen molar-refractivity contribution in [2.75, 3.05) is 0 Å². The van der Waals surface area contributed by atoms with Crippen LogP contribution in [0.2, 0.25) is 0 Å². The second-order valence-electron chi connectivity index (χ2n) is 13.1. The van der Waals surface area contributed by atoms with E-state index in [2.05, 4.69) is 127 Å². The van der Waals surface area contributed by atoms with Crippen LogP contribution in [0, 0.1) is 0 Å². The van der Waals surface area contributed by atoms with Gasteiger partial charge >= 0.3 is 0 Å². The van der Waals surface area contributed by atoms with E-state index in [1.165, 1.54) is 65.5 Å². The number of fused-ring (bicyclic) bond motifs is 5. The maximum absolute atomic E-state index is 5.19. The zero-order chi connectivity index (χ0) is 31.9. The molecule has 0 radical (unpaired) electrons. The van der Waals surface area contributed by atoms with E-state index in [4.69, 9.17) is 15.0 Å². The number of aromatic nitrogens is 3. The van der Waals surface area contributed by atoms with Crippen molar-refractivity contribution in [2.24, 2.45) is 0 Å². The first kappa shape index (κ1) is 28.5. The normalized spacial score (nSPS) is 14.4. The highest BCUT2D eigenvalue weighted by atomic mass is 15.0. The molecule has 2 aliphatic carbocycles. The third-order valence-corrected chi connectivity index (χ3v) is 10.4. The maximum atomic E-state index is 5.19. The first-order valence-electron chi connectivity index (χ1n) is 17.1. The molecule has 230 valence electrons. The molecule has 1 saturated carbocycles. The van der Waals surface area contributed by atoms with Crippen LogP contribution in [0.4, 0.5) is 0 Å². The van der Waals surface area contributed by atoms with E-state index < -0.39 is 0 Å². The monoisotopic (exact) mass is 617 g/mol. The zero-order valence-corrected chi connectivity index (χ0v) is 26.8. The lowest BCUT2D eigenvalue weighted by atomic mass is 9.67. The molecule has 1 spiro atoms. The van der Waals surface area contributed by atoms with Gasteiger partial charge < -0.3 is 0 Å². The summed E-state index contributed by atoms with van der Waals surface area (Å²) in [7, 11) is 0. The lowest BCUT2D eigenvalue weighted by molar-refractivity contribution is 0.353. The summed E-state index contributed by atoms with van der Waals surface area (Å²) in [5.41, 5.74) is 13.5. The van der Waals surface area contributed by atoms with Crippen molar-refractivity contribution >= 4 is 0 Å². The fourth-order valence-electron chi connectivity index (χ4n) is 8.12. The third-order valence-electron chi connectivity index (χ3n) is 10.4. The standard InChI is InChI=1S/C45H35N3/c1-4-15-31(16-5-1)32-25-27-34(28-26-32)43-46-42(33-17-6-2-7-18-33)47-44(48-43)37-20-9-8-19-35(37)36-22-14-24-40-41(36)38-21-10-11-23-39(38)45(40)29-12-3-13-30-45/h1-2,4-11,14-28H,3,12-13,29-30H2. The molecular formula is C45H35N3. The Labute approximate surface area is 282 Å². The minimum Gasteiger partial charge on any atom is -0.208 e. The van der Waals surface area contributed by atoms with Crippen molar-refractivity contribution in [3.05, 3.63) is 163 Å². The SMILES string of the molecule is c1ccc(-c2ccc(-c3nc(-c4ccccc4)nc(-c4ccccc4-c4cccc5c4-c4ccccc4C54CCCCC4)n3)cc2)cc1. The number of hydrogen-bond acceptors (Lipinski definition) is 3. The molecule has 0 bridgehead atoms. The van der Waals surface area contributed by atoms with Gasteiger partial charge in [-0.25, -0.2) is 15.0 Å². The van der Waals surface area contributed by atoms with Crippen LogP contribution in [0.3, 0.4) is 0 Å². The van der Waals surface area contributed by atoms with Gasteiger partial charge in [0.15, 0.2) is 17.5 Å². The van der Waals surface area contributed by atoms with Gasteiger partial charge in [-0.3, -0.25) is 0 Å². The summed E-state index contributed by atoms with van der Waals surface area (Å²) in [6, 6.07) is 53.9. The van der Waals surface area contributed by atoms with E-state index in [1.54, 1.807) is 0 Å². The summed E-state index contributed by atoms with van der Waals surface area (Å²) in [5, 5.41) is 0. The average molecular weight is 618 g/mol. The van der Waals surface area contributed by atoms with Crippen LogP contribution < -0.4 is 0 Å². The quantitative estimate of drug-likeness (QED) is 0.193. The third kappa shape index (κ3) is 4.77. The maximum Gasteiger partial charge on any atom is 0.164 e. The first-order valence-corrected chi connectivity index (χ1v) is 17.1. The smallest absolute Gasteiger partial charge is 0.164 e. The number of rotatable bonds is 5. The predicted molar refractivity (Wildman–Crippen MR) is 196 cm³/mol. The van der Waals surface area contributed by atoms with Crippen molar-refractivity contribution in [1.82, 2.24) is 15.0 Å². The highest BCUT2D eigenvalue weighted by Gasteiger charge is 2.44. The van der Waals surface area contributed by atoms with Gasteiger partial charge in [0.1, 0.15) is 0 Å². The van der Waals surface area contributed by atoms with E-state index in [-0.39, 0.29) is 5.41 Å². The molecule has 3 nitrogen and oxygen atoms in total. The number of nitrogens with zero attached hydrogens (tertiary/aromatic N) is 3. The summed E-state index contributed by atoms with van der Waals surface area (Å²) >= 11 is 0. The Morgan fingerprint density at radius 2 is 0.812 bits per heavy atom. The van der Waals surface area contributed by atoms with Gasteiger partial charge in [0.25, 0.3) is 0 Å². The highest BCUT2D eigenvalue weighted by molar-refractivity contribution is 5.96. The lowest BCUT2D eigenvalue weighted by Gasteiger charge is -2.36. The van der Waals surface area contributed by atoms with Gasteiger partial charge in [-0.05, 0) is 57.3 Å².